The van der Waals surface area contributed by atoms with Crippen LogP contribution in [-0.2, 0) is 0 Å². The van der Waals surface area contributed by atoms with Crippen LogP contribution in [-0.4, -0.2) is 54.2 Å². The van der Waals surface area contributed by atoms with Gasteiger partial charge in [-0.25, -0.2) is 4.79 Å². The minimum Gasteiger partial charge on any atom is -0.421 e. The van der Waals surface area contributed by atoms with Crippen molar-refractivity contribution in [2.75, 3.05) is 43.4 Å². The zero-order valence-corrected chi connectivity index (χ0v) is 22.0. The molecule has 1 aliphatic heterocycles. The summed E-state index contributed by atoms with van der Waals surface area (Å²) in [4.78, 5) is 29.7. The lowest BCUT2D eigenvalue weighted by atomic mass is 10.1. The molecule has 1 N–H and O–H groups in total. The number of anilines is 2. The molecule has 5 rings (SSSR count). The number of carbonyl (C=O) groups excluding carboxylic acids is 1. The summed E-state index contributed by atoms with van der Waals surface area (Å²) in [5, 5.41) is 12.2. The third-order valence-electron chi connectivity index (χ3n) is 5.91. The summed E-state index contributed by atoms with van der Waals surface area (Å²) in [6, 6.07) is 16.3. The van der Waals surface area contributed by atoms with Crippen molar-refractivity contribution >= 4 is 60.2 Å². The van der Waals surface area contributed by atoms with Crippen LogP contribution in [0, 0.1) is 0 Å². The van der Waals surface area contributed by atoms with Crippen LogP contribution in [0.25, 0.3) is 22.2 Å². The third-order valence-corrected chi connectivity index (χ3v) is 6.96. The number of hydrogen-bond donors (Lipinski definition) is 1. The number of halogens is 2. The van der Waals surface area contributed by atoms with Gasteiger partial charge in [-0.1, -0.05) is 28.1 Å². The Morgan fingerprint density at radius 1 is 0.971 bits per heavy atom. The fourth-order valence-corrected chi connectivity index (χ4v) is 5.26. The maximum Gasteiger partial charge on any atom is 0.349 e. The van der Waals surface area contributed by atoms with E-state index in [-0.39, 0.29) is 5.56 Å². The van der Waals surface area contributed by atoms with Crippen molar-refractivity contribution < 1.29 is 9.21 Å². The quantitative estimate of drug-likeness (QED) is 0.338. The average molecular weight is 599 g/mol. The van der Waals surface area contributed by atoms with Gasteiger partial charge in [-0.15, -0.1) is 10.2 Å². The van der Waals surface area contributed by atoms with Crippen LogP contribution in [0.3, 0.4) is 0 Å². The predicted molar refractivity (Wildman–Crippen MR) is 143 cm³/mol. The highest BCUT2D eigenvalue weighted by atomic mass is 79.9. The zero-order valence-electron chi connectivity index (χ0n) is 18.8. The van der Waals surface area contributed by atoms with Gasteiger partial charge in [0.25, 0.3) is 5.91 Å². The Bertz CT molecular complexity index is 1450. The first kappa shape index (κ1) is 23.7. The van der Waals surface area contributed by atoms with Crippen LogP contribution in [0.4, 0.5) is 11.5 Å². The van der Waals surface area contributed by atoms with Crippen LogP contribution in [0.15, 0.2) is 72.8 Å². The van der Waals surface area contributed by atoms with Crippen LogP contribution in [0.1, 0.15) is 10.4 Å². The maximum absolute atomic E-state index is 12.8. The molecule has 0 saturated carbocycles. The summed E-state index contributed by atoms with van der Waals surface area (Å²) in [5.41, 5.74) is 1.78. The highest BCUT2D eigenvalue weighted by molar-refractivity contribution is 9.11. The molecular formula is C25H21Br2N5O3. The number of rotatable bonds is 4. The minimum absolute atomic E-state index is 0.0723. The van der Waals surface area contributed by atoms with Crippen molar-refractivity contribution in [1.29, 1.82) is 0 Å². The lowest BCUT2D eigenvalue weighted by Crippen LogP contribution is -2.44. The maximum atomic E-state index is 12.8. The normalized spacial score (nSPS) is 14.3. The molecule has 2 aromatic heterocycles. The van der Waals surface area contributed by atoms with Crippen molar-refractivity contribution in [3.63, 3.8) is 0 Å². The summed E-state index contributed by atoms with van der Waals surface area (Å²) in [5.74, 6) is 0.333. The number of amides is 1. The Kier molecular flexibility index (Phi) is 6.68. The minimum atomic E-state index is -0.703. The van der Waals surface area contributed by atoms with E-state index in [1.54, 1.807) is 24.3 Å². The number of hydrogen-bond acceptors (Lipinski definition) is 7. The van der Waals surface area contributed by atoms with Crippen LogP contribution >= 0.6 is 31.9 Å². The number of nitrogens with one attached hydrogen (secondary N) is 1. The number of carbonyl (C=O) groups is 1. The topological polar surface area (TPSA) is 91.6 Å². The summed E-state index contributed by atoms with van der Waals surface area (Å²) < 4.78 is 6.79. The van der Waals surface area contributed by atoms with Gasteiger partial charge in [-0.2, -0.15) is 0 Å². The van der Waals surface area contributed by atoms with E-state index >= 15 is 0 Å². The van der Waals surface area contributed by atoms with Crippen LogP contribution < -0.4 is 15.8 Å². The standard InChI is InChI=1S/C25H21Br2N5O3/c1-31-8-10-32(11-9-31)22-7-6-21(29-30-22)15-2-4-18(5-3-15)28-24(33)19-13-16-12-17(26)14-20(27)23(16)35-25(19)34/h2-7,12-14H,8-11H2,1H3,(H,28,33). The van der Waals surface area contributed by atoms with E-state index in [1.807, 2.05) is 24.3 Å². The van der Waals surface area contributed by atoms with E-state index in [2.05, 4.69) is 64.2 Å². The number of likely N-dealkylation sites (N-methyl/N-ethyl adjacent to an activating group) is 1. The largest absolute Gasteiger partial charge is 0.421 e. The van der Waals surface area contributed by atoms with Gasteiger partial charge in [-0.3, -0.25) is 4.79 Å². The molecule has 1 aliphatic rings. The number of nitrogens with zero attached hydrogens (tertiary/aromatic N) is 4. The molecule has 0 unspecified atom stereocenters. The molecule has 0 radical (unpaired) electrons. The number of piperazine rings is 1. The van der Waals surface area contributed by atoms with Gasteiger partial charge in [0.15, 0.2) is 11.4 Å². The van der Waals surface area contributed by atoms with Crippen LogP contribution in [0.2, 0.25) is 0 Å². The Balaban J connectivity index is 1.30. The molecule has 8 nitrogen and oxygen atoms in total. The molecule has 0 bridgehead atoms. The molecule has 10 heteroatoms. The van der Waals surface area contributed by atoms with Gasteiger partial charge in [0.05, 0.1) is 10.2 Å². The molecule has 35 heavy (non-hydrogen) atoms. The van der Waals surface area contributed by atoms with Gasteiger partial charge in [0, 0.05) is 47.3 Å². The third kappa shape index (κ3) is 5.14. The van der Waals surface area contributed by atoms with Crippen molar-refractivity contribution in [1.82, 2.24) is 15.1 Å². The second-order valence-electron chi connectivity index (χ2n) is 8.35. The SMILES string of the molecule is CN1CCN(c2ccc(-c3ccc(NC(=O)c4cc5cc(Br)cc(Br)c5oc4=O)cc3)nn2)CC1. The van der Waals surface area contributed by atoms with E-state index in [0.29, 0.717) is 21.1 Å². The molecular weight excluding hydrogens is 578 g/mol. The molecule has 0 spiro atoms. The van der Waals surface area contributed by atoms with E-state index in [9.17, 15) is 9.59 Å². The summed E-state index contributed by atoms with van der Waals surface area (Å²) >= 11 is 6.78. The van der Waals surface area contributed by atoms with Gasteiger partial charge in [-0.05, 0) is 65.4 Å². The van der Waals surface area contributed by atoms with E-state index in [4.69, 9.17) is 4.42 Å². The first-order chi connectivity index (χ1) is 16.9. The molecule has 0 aliphatic carbocycles. The van der Waals surface area contributed by atoms with Gasteiger partial charge in [0.2, 0.25) is 0 Å². The molecule has 0 atom stereocenters. The van der Waals surface area contributed by atoms with Gasteiger partial charge < -0.3 is 19.5 Å². The molecule has 3 heterocycles. The molecule has 2 aromatic carbocycles. The Morgan fingerprint density at radius 2 is 1.71 bits per heavy atom. The predicted octanol–water partition coefficient (Wildman–Crippen LogP) is 4.78. The Hall–Kier alpha value is -3.08. The molecule has 4 aromatic rings. The fraction of sp³-hybridized carbons (Fsp3) is 0.200. The first-order valence-electron chi connectivity index (χ1n) is 11.0. The Morgan fingerprint density at radius 3 is 2.40 bits per heavy atom. The van der Waals surface area contributed by atoms with Crippen molar-refractivity contribution in [2.24, 2.45) is 0 Å². The van der Waals surface area contributed by atoms with Gasteiger partial charge in [0.1, 0.15) is 5.56 Å². The van der Waals surface area contributed by atoms with Crippen LogP contribution in [0.5, 0.6) is 0 Å². The lowest BCUT2D eigenvalue weighted by Gasteiger charge is -2.32. The summed E-state index contributed by atoms with van der Waals surface area (Å²) in [6.07, 6.45) is 0. The monoisotopic (exact) mass is 597 g/mol. The summed E-state index contributed by atoms with van der Waals surface area (Å²) in [6.45, 7) is 3.88. The zero-order chi connectivity index (χ0) is 24.5. The molecule has 1 saturated heterocycles. The Labute approximate surface area is 218 Å². The average Bonchev–Trinajstić information content (AvgIpc) is 2.85. The van der Waals surface area contributed by atoms with E-state index in [1.165, 1.54) is 6.07 Å². The highest BCUT2D eigenvalue weighted by Gasteiger charge is 2.17. The van der Waals surface area contributed by atoms with Gasteiger partial charge >= 0.3 is 5.63 Å². The molecule has 1 amide bonds. The fourth-order valence-electron chi connectivity index (χ4n) is 3.92. The second kappa shape index (κ2) is 9.88. The van der Waals surface area contributed by atoms with Crippen molar-refractivity contribution in [2.45, 2.75) is 0 Å². The number of fused-ring (bicyclic) bond motifs is 1. The number of benzene rings is 2. The van der Waals surface area contributed by atoms with Crippen molar-refractivity contribution in [3.8, 4) is 11.3 Å². The molecule has 178 valence electrons. The number of aromatic nitrogens is 2. The lowest BCUT2D eigenvalue weighted by molar-refractivity contribution is 0.102. The first-order valence-corrected chi connectivity index (χ1v) is 12.6. The highest BCUT2D eigenvalue weighted by Crippen LogP contribution is 2.28. The smallest absolute Gasteiger partial charge is 0.349 e. The van der Waals surface area contributed by atoms with E-state index in [0.717, 1.165) is 47.7 Å². The summed E-state index contributed by atoms with van der Waals surface area (Å²) in [7, 11) is 2.12. The van der Waals surface area contributed by atoms with Crippen molar-refractivity contribution in [3.05, 3.63) is 79.5 Å². The second-order valence-corrected chi connectivity index (χ2v) is 10.1. The molecule has 1 fully saturated rings. The van der Waals surface area contributed by atoms with E-state index < -0.39 is 11.5 Å².